The third-order valence-corrected chi connectivity index (χ3v) is 4.67. The van der Waals surface area contributed by atoms with E-state index in [0.717, 1.165) is 4.88 Å². The monoisotopic (exact) mass is 365 g/mol. The summed E-state index contributed by atoms with van der Waals surface area (Å²) in [5.41, 5.74) is 1.68. The molecule has 0 saturated heterocycles. The molecule has 0 aliphatic carbocycles. The molecule has 24 heavy (non-hydrogen) atoms. The average molecular weight is 366 g/mol. The molecule has 1 aromatic carbocycles. The summed E-state index contributed by atoms with van der Waals surface area (Å²) in [4.78, 5) is 21.5. The normalized spacial score (nSPS) is 17.3. The molecule has 3 rings (SSSR count). The van der Waals surface area contributed by atoms with Gasteiger partial charge in [0.25, 0.3) is 0 Å². The van der Waals surface area contributed by atoms with Crippen molar-refractivity contribution in [1.29, 1.82) is 0 Å². The zero-order chi connectivity index (χ0) is 17.3. The van der Waals surface area contributed by atoms with Gasteiger partial charge in [-0.2, -0.15) is 0 Å². The SMILES string of the molecule is COC(=O)C1=C(C)NC(c2cnc(Cl)s2)=NC1c1ccc(F)cc1. The molecular formula is C16H13ClFN3O2S. The molecule has 8 heteroatoms. The maximum Gasteiger partial charge on any atom is 0.338 e. The fourth-order valence-corrected chi connectivity index (χ4v) is 3.32. The summed E-state index contributed by atoms with van der Waals surface area (Å²) >= 11 is 7.16. The lowest BCUT2D eigenvalue weighted by Gasteiger charge is -2.25. The van der Waals surface area contributed by atoms with Crippen LogP contribution in [-0.2, 0) is 9.53 Å². The number of aliphatic imine (C=N–C) groups is 1. The Morgan fingerprint density at radius 2 is 2.08 bits per heavy atom. The smallest absolute Gasteiger partial charge is 0.338 e. The first kappa shape index (κ1) is 16.6. The number of hydrogen-bond donors (Lipinski definition) is 1. The van der Waals surface area contributed by atoms with Crippen molar-refractivity contribution in [3.05, 3.63) is 62.5 Å². The van der Waals surface area contributed by atoms with Crippen LogP contribution in [0.5, 0.6) is 0 Å². The Kier molecular flexibility index (Phi) is 4.64. The van der Waals surface area contributed by atoms with Gasteiger partial charge in [0.15, 0.2) is 4.47 Å². The summed E-state index contributed by atoms with van der Waals surface area (Å²) in [6, 6.07) is 5.26. The number of carbonyl (C=O) groups is 1. The van der Waals surface area contributed by atoms with Crippen LogP contribution in [0.4, 0.5) is 4.39 Å². The van der Waals surface area contributed by atoms with E-state index in [1.165, 1.54) is 30.6 Å². The molecule has 0 saturated carbocycles. The van der Waals surface area contributed by atoms with Gasteiger partial charge in [0.2, 0.25) is 0 Å². The second-order valence-corrected chi connectivity index (χ2v) is 6.68. The van der Waals surface area contributed by atoms with Gasteiger partial charge in [-0.3, -0.25) is 4.99 Å². The van der Waals surface area contributed by atoms with Crippen molar-refractivity contribution >= 4 is 34.7 Å². The Hall–Kier alpha value is -2.25. The predicted octanol–water partition coefficient (Wildman–Crippen LogP) is 3.47. The van der Waals surface area contributed by atoms with Crippen molar-refractivity contribution < 1.29 is 13.9 Å². The highest BCUT2D eigenvalue weighted by atomic mass is 35.5. The van der Waals surface area contributed by atoms with Crippen LogP contribution in [0.15, 0.2) is 46.7 Å². The van der Waals surface area contributed by atoms with Crippen molar-refractivity contribution in [3.8, 4) is 0 Å². The number of nitrogens with one attached hydrogen (secondary N) is 1. The van der Waals surface area contributed by atoms with E-state index >= 15 is 0 Å². The molecular weight excluding hydrogens is 353 g/mol. The van der Waals surface area contributed by atoms with Crippen LogP contribution in [0, 0.1) is 5.82 Å². The minimum atomic E-state index is -0.602. The summed E-state index contributed by atoms with van der Waals surface area (Å²) in [7, 11) is 1.31. The number of thiazole rings is 1. The van der Waals surface area contributed by atoms with Gasteiger partial charge in [-0.05, 0) is 24.6 Å². The lowest BCUT2D eigenvalue weighted by atomic mass is 9.96. The van der Waals surface area contributed by atoms with Crippen molar-refractivity contribution in [2.24, 2.45) is 4.99 Å². The molecule has 2 aromatic rings. The number of aromatic nitrogens is 1. The molecule has 0 fully saturated rings. The molecule has 124 valence electrons. The number of methoxy groups -OCH3 is 1. The molecule has 0 spiro atoms. The van der Waals surface area contributed by atoms with E-state index in [1.54, 1.807) is 25.3 Å². The van der Waals surface area contributed by atoms with Gasteiger partial charge in [0, 0.05) is 5.70 Å². The molecule has 1 unspecified atom stereocenters. The number of halogens is 2. The molecule has 0 bridgehead atoms. The maximum atomic E-state index is 13.2. The molecule has 2 heterocycles. The molecule has 1 atom stereocenters. The second-order valence-electron chi connectivity index (χ2n) is 5.06. The number of hydrogen-bond acceptors (Lipinski definition) is 6. The number of carbonyl (C=O) groups excluding carboxylic acids is 1. The summed E-state index contributed by atoms with van der Waals surface area (Å²) in [6.45, 7) is 1.76. The number of esters is 1. The van der Waals surface area contributed by atoms with Crippen molar-refractivity contribution in [2.45, 2.75) is 13.0 Å². The van der Waals surface area contributed by atoms with Crippen molar-refractivity contribution in [2.75, 3.05) is 7.11 Å². The third-order valence-electron chi connectivity index (χ3n) is 3.54. The van der Waals surface area contributed by atoms with Crippen LogP contribution in [0.2, 0.25) is 4.47 Å². The molecule has 0 amide bonds. The third kappa shape index (κ3) is 3.18. The zero-order valence-electron chi connectivity index (χ0n) is 12.8. The van der Waals surface area contributed by atoms with E-state index in [-0.39, 0.29) is 5.82 Å². The summed E-state index contributed by atoms with van der Waals surface area (Å²) < 4.78 is 18.5. The standard InChI is InChI=1S/C16H13ClFN3O2S/c1-8-12(15(22)23-2)13(9-3-5-10(18)6-4-9)21-14(20-8)11-7-19-16(17)24-11/h3-7,13H,1-2H3,(H,20,21). The van der Waals surface area contributed by atoms with E-state index in [4.69, 9.17) is 16.3 Å². The minimum Gasteiger partial charge on any atom is -0.466 e. The van der Waals surface area contributed by atoms with E-state index in [0.29, 0.717) is 27.1 Å². The molecule has 1 aliphatic rings. The maximum absolute atomic E-state index is 13.2. The zero-order valence-corrected chi connectivity index (χ0v) is 14.4. The molecule has 1 N–H and O–H groups in total. The van der Waals surface area contributed by atoms with Crippen LogP contribution in [0.3, 0.4) is 0 Å². The number of ether oxygens (including phenoxy) is 1. The Morgan fingerprint density at radius 3 is 2.67 bits per heavy atom. The van der Waals surface area contributed by atoms with Crippen LogP contribution in [-0.4, -0.2) is 23.9 Å². The van der Waals surface area contributed by atoms with E-state index in [1.807, 2.05) is 0 Å². The first-order chi connectivity index (χ1) is 11.5. The van der Waals surface area contributed by atoms with Crippen molar-refractivity contribution in [3.63, 3.8) is 0 Å². The topological polar surface area (TPSA) is 63.6 Å². The Labute approximate surface area is 146 Å². The van der Waals surface area contributed by atoms with Crippen LogP contribution in [0.1, 0.15) is 23.4 Å². The number of nitrogens with zero attached hydrogens (tertiary/aromatic N) is 2. The first-order valence-corrected chi connectivity index (χ1v) is 8.20. The fraction of sp³-hybridized carbons (Fsp3) is 0.188. The first-order valence-electron chi connectivity index (χ1n) is 7.00. The predicted molar refractivity (Wildman–Crippen MR) is 90.7 cm³/mol. The molecule has 0 radical (unpaired) electrons. The van der Waals surface area contributed by atoms with Gasteiger partial charge in [-0.15, -0.1) is 0 Å². The van der Waals surface area contributed by atoms with Gasteiger partial charge in [-0.25, -0.2) is 14.2 Å². The van der Waals surface area contributed by atoms with E-state index < -0.39 is 12.0 Å². The van der Waals surface area contributed by atoms with Gasteiger partial charge >= 0.3 is 5.97 Å². The summed E-state index contributed by atoms with van der Waals surface area (Å²) in [5.74, 6) is -0.287. The summed E-state index contributed by atoms with van der Waals surface area (Å²) in [6.07, 6.45) is 1.61. The number of amidine groups is 1. The van der Waals surface area contributed by atoms with Crippen molar-refractivity contribution in [1.82, 2.24) is 10.3 Å². The van der Waals surface area contributed by atoms with Crippen LogP contribution >= 0.6 is 22.9 Å². The van der Waals surface area contributed by atoms with E-state index in [2.05, 4.69) is 15.3 Å². The second kappa shape index (κ2) is 6.70. The van der Waals surface area contributed by atoms with Crippen LogP contribution in [0.25, 0.3) is 0 Å². The quantitative estimate of drug-likeness (QED) is 0.846. The lowest BCUT2D eigenvalue weighted by Crippen LogP contribution is -2.32. The largest absolute Gasteiger partial charge is 0.466 e. The highest BCUT2D eigenvalue weighted by Crippen LogP contribution is 2.33. The highest BCUT2D eigenvalue weighted by molar-refractivity contribution is 7.17. The van der Waals surface area contributed by atoms with Crippen LogP contribution < -0.4 is 5.32 Å². The minimum absolute atomic E-state index is 0.355. The fourth-order valence-electron chi connectivity index (χ4n) is 2.42. The van der Waals surface area contributed by atoms with Gasteiger partial charge in [0.1, 0.15) is 17.7 Å². The van der Waals surface area contributed by atoms with Gasteiger partial charge < -0.3 is 10.1 Å². The lowest BCUT2D eigenvalue weighted by molar-refractivity contribution is -0.136. The molecule has 5 nitrogen and oxygen atoms in total. The Bertz CT molecular complexity index is 845. The molecule has 1 aromatic heterocycles. The van der Waals surface area contributed by atoms with E-state index in [9.17, 15) is 9.18 Å². The van der Waals surface area contributed by atoms with Gasteiger partial charge in [0.05, 0.1) is 23.8 Å². The molecule has 1 aliphatic heterocycles. The van der Waals surface area contributed by atoms with Gasteiger partial charge in [-0.1, -0.05) is 35.1 Å². The average Bonchev–Trinajstić information content (AvgIpc) is 3.00. The Balaban J connectivity index is 2.08. The number of rotatable bonds is 3. The Morgan fingerprint density at radius 1 is 1.38 bits per heavy atom. The highest BCUT2D eigenvalue weighted by Gasteiger charge is 2.30. The number of benzene rings is 1. The number of allylic oxidation sites excluding steroid dienone is 1. The summed E-state index contributed by atoms with van der Waals surface area (Å²) in [5, 5.41) is 3.09.